The Morgan fingerprint density at radius 1 is 1.37 bits per heavy atom. The van der Waals surface area contributed by atoms with Crippen molar-refractivity contribution in [3.63, 3.8) is 0 Å². The monoisotopic (exact) mass is 262 g/mol. The highest BCUT2D eigenvalue weighted by Gasteiger charge is 2.22. The van der Waals surface area contributed by atoms with Crippen LogP contribution in [0.25, 0.3) is 0 Å². The van der Waals surface area contributed by atoms with E-state index < -0.39 is 0 Å². The fraction of sp³-hybridized carbons (Fsp3) is 0.688. The highest BCUT2D eigenvalue weighted by atomic mass is 16.3. The molecule has 1 fully saturated rings. The van der Waals surface area contributed by atoms with Crippen molar-refractivity contribution in [3.05, 3.63) is 29.6 Å². The van der Waals surface area contributed by atoms with E-state index >= 15 is 0 Å². The van der Waals surface area contributed by atoms with Gasteiger partial charge in [0.25, 0.3) is 0 Å². The minimum atomic E-state index is -0.212. The Balaban J connectivity index is 2.05. The summed E-state index contributed by atoms with van der Waals surface area (Å²) in [4.78, 5) is 7.12. The van der Waals surface area contributed by atoms with E-state index in [2.05, 4.69) is 22.0 Å². The van der Waals surface area contributed by atoms with E-state index in [1.807, 2.05) is 19.9 Å². The molecule has 1 aliphatic rings. The van der Waals surface area contributed by atoms with Crippen LogP contribution < -0.4 is 0 Å². The van der Waals surface area contributed by atoms with Crippen molar-refractivity contribution in [2.75, 3.05) is 6.54 Å². The fourth-order valence-corrected chi connectivity index (χ4v) is 3.00. The van der Waals surface area contributed by atoms with Gasteiger partial charge in [-0.15, -0.1) is 0 Å². The minimum Gasteiger partial charge on any atom is -0.393 e. The van der Waals surface area contributed by atoms with Gasteiger partial charge in [-0.2, -0.15) is 0 Å². The molecule has 0 spiro atoms. The van der Waals surface area contributed by atoms with Gasteiger partial charge in [0.1, 0.15) is 0 Å². The van der Waals surface area contributed by atoms with Crippen LogP contribution in [0.3, 0.4) is 0 Å². The molecular formula is C16H26N2O. The van der Waals surface area contributed by atoms with E-state index in [1.54, 1.807) is 0 Å². The lowest BCUT2D eigenvalue weighted by atomic mass is 10.0. The maximum absolute atomic E-state index is 9.68. The Hall–Kier alpha value is -0.930. The quantitative estimate of drug-likeness (QED) is 0.906. The molecule has 0 amide bonds. The summed E-state index contributed by atoms with van der Waals surface area (Å²) in [7, 11) is 0. The molecule has 1 aromatic rings. The molecular weight excluding hydrogens is 236 g/mol. The molecule has 0 aromatic carbocycles. The highest BCUT2D eigenvalue weighted by molar-refractivity contribution is 5.10. The summed E-state index contributed by atoms with van der Waals surface area (Å²) >= 11 is 0. The summed E-state index contributed by atoms with van der Waals surface area (Å²) in [5.41, 5.74) is 2.23. The fourth-order valence-electron chi connectivity index (χ4n) is 3.00. The maximum Gasteiger partial charge on any atom is 0.0547 e. The number of hydrogen-bond acceptors (Lipinski definition) is 3. The highest BCUT2D eigenvalue weighted by Crippen LogP contribution is 2.22. The third-order valence-electron chi connectivity index (χ3n) is 3.92. The molecule has 2 rings (SSSR count). The number of pyridine rings is 1. The summed E-state index contributed by atoms with van der Waals surface area (Å²) in [6.07, 6.45) is 5.74. The van der Waals surface area contributed by atoms with Crippen molar-refractivity contribution >= 4 is 0 Å². The van der Waals surface area contributed by atoms with Crippen LogP contribution in [0.2, 0.25) is 0 Å². The van der Waals surface area contributed by atoms with E-state index in [9.17, 15) is 5.11 Å². The summed E-state index contributed by atoms with van der Waals surface area (Å²) in [5.74, 6) is 0. The van der Waals surface area contributed by atoms with Gasteiger partial charge in [0, 0.05) is 18.3 Å². The number of rotatable bonds is 4. The topological polar surface area (TPSA) is 36.4 Å². The zero-order valence-electron chi connectivity index (χ0n) is 12.2. The van der Waals surface area contributed by atoms with Gasteiger partial charge in [-0.3, -0.25) is 9.88 Å². The summed E-state index contributed by atoms with van der Waals surface area (Å²) in [6, 6.07) is 6.74. The van der Waals surface area contributed by atoms with Crippen molar-refractivity contribution in [1.29, 1.82) is 0 Å². The SMILES string of the molecule is Cc1cccc(CN2CCCCCC2CC(C)O)n1. The second-order valence-electron chi connectivity index (χ2n) is 5.83. The van der Waals surface area contributed by atoms with E-state index in [0.29, 0.717) is 6.04 Å². The molecule has 0 bridgehead atoms. The van der Waals surface area contributed by atoms with Gasteiger partial charge >= 0.3 is 0 Å². The lowest BCUT2D eigenvalue weighted by Gasteiger charge is -2.30. The minimum absolute atomic E-state index is 0.212. The molecule has 1 aromatic heterocycles. The van der Waals surface area contributed by atoms with Gasteiger partial charge in [0.2, 0.25) is 0 Å². The van der Waals surface area contributed by atoms with Crippen molar-refractivity contribution in [2.45, 2.75) is 64.6 Å². The number of aromatic nitrogens is 1. The Morgan fingerprint density at radius 2 is 2.21 bits per heavy atom. The lowest BCUT2D eigenvalue weighted by molar-refractivity contribution is 0.107. The van der Waals surface area contributed by atoms with Crippen molar-refractivity contribution in [3.8, 4) is 0 Å². The van der Waals surface area contributed by atoms with E-state index in [-0.39, 0.29) is 6.10 Å². The first-order chi connectivity index (χ1) is 9.15. The molecule has 1 N–H and O–H groups in total. The molecule has 2 heterocycles. The molecule has 3 heteroatoms. The van der Waals surface area contributed by atoms with E-state index in [1.165, 1.54) is 25.7 Å². The average Bonchev–Trinajstić information content (AvgIpc) is 2.55. The predicted octanol–water partition coefficient (Wildman–Crippen LogP) is 2.91. The van der Waals surface area contributed by atoms with Crippen LogP contribution >= 0.6 is 0 Å². The molecule has 3 nitrogen and oxygen atoms in total. The molecule has 0 radical (unpaired) electrons. The van der Waals surface area contributed by atoms with Crippen LogP contribution in [-0.2, 0) is 6.54 Å². The Morgan fingerprint density at radius 3 is 2.95 bits per heavy atom. The first-order valence-electron chi connectivity index (χ1n) is 7.50. The number of nitrogens with zero attached hydrogens (tertiary/aromatic N) is 2. The third kappa shape index (κ3) is 4.59. The van der Waals surface area contributed by atoms with Crippen LogP contribution in [0, 0.1) is 6.92 Å². The van der Waals surface area contributed by atoms with Crippen LogP contribution in [0.5, 0.6) is 0 Å². The van der Waals surface area contributed by atoms with Gasteiger partial charge in [-0.25, -0.2) is 0 Å². The van der Waals surface area contributed by atoms with Gasteiger partial charge in [-0.1, -0.05) is 18.9 Å². The van der Waals surface area contributed by atoms with E-state index in [4.69, 9.17) is 0 Å². The van der Waals surface area contributed by atoms with Crippen molar-refractivity contribution < 1.29 is 5.11 Å². The molecule has 1 aliphatic heterocycles. The maximum atomic E-state index is 9.68. The molecule has 0 saturated carbocycles. The largest absolute Gasteiger partial charge is 0.393 e. The zero-order chi connectivity index (χ0) is 13.7. The van der Waals surface area contributed by atoms with Gasteiger partial charge in [0.15, 0.2) is 0 Å². The van der Waals surface area contributed by atoms with Crippen LogP contribution in [0.15, 0.2) is 18.2 Å². The number of aliphatic hydroxyl groups is 1. The molecule has 1 saturated heterocycles. The average molecular weight is 262 g/mol. The van der Waals surface area contributed by atoms with Gasteiger partial charge in [0.05, 0.1) is 11.8 Å². The second-order valence-corrected chi connectivity index (χ2v) is 5.83. The Kier molecular flexibility index (Phi) is 5.34. The van der Waals surface area contributed by atoms with Gasteiger partial charge in [-0.05, 0) is 51.8 Å². The summed E-state index contributed by atoms with van der Waals surface area (Å²) in [5, 5.41) is 9.68. The van der Waals surface area contributed by atoms with Crippen molar-refractivity contribution in [1.82, 2.24) is 9.88 Å². The summed E-state index contributed by atoms with van der Waals surface area (Å²) in [6.45, 7) is 5.99. The number of hydrogen-bond donors (Lipinski definition) is 1. The molecule has 19 heavy (non-hydrogen) atoms. The van der Waals surface area contributed by atoms with Gasteiger partial charge < -0.3 is 5.11 Å². The standard InChI is InChI=1S/C16H26N2O/c1-13-7-6-8-15(17-13)12-18-10-5-3-4-9-16(18)11-14(2)19/h6-8,14,16,19H,3-5,9-12H2,1-2H3. The number of likely N-dealkylation sites (tertiary alicyclic amines) is 1. The predicted molar refractivity (Wildman–Crippen MR) is 77.9 cm³/mol. The Labute approximate surface area is 116 Å². The second kappa shape index (κ2) is 7.01. The van der Waals surface area contributed by atoms with Crippen LogP contribution in [0.1, 0.15) is 50.4 Å². The molecule has 0 aliphatic carbocycles. The van der Waals surface area contributed by atoms with Crippen LogP contribution in [0.4, 0.5) is 0 Å². The van der Waals surface area contributed by atoms with E-state index in [0.717, 1.165) is 30.9 Å². The van der Waals surface area contributed by atoms with Crippen molar-refractivity contribution in [2.24, 2.45) is 0 Å². The first kappa shape index (κ1) is 14.5. The molecule has 106 valence electrons. The zero-order valence-corrected chi connectivity index (χ0v) is 12.2. The summed E-state index contributed by atoms with van der Waals surface area (Å²) < 4.78 is 0. The Bertz CT molecular complexity index is 392. The third-order valence-corrected chi connectivity index (χ3v) is 3.92. The molecule has 2 atom stereocenters. The number of aliphatic hydroxyl groups excluding tert-OH is 1. The smallest absolute Gasteiger partial charge is 0.0547 e. The number of aryl methyl sites for hydroxylation is 1. The molecule has 2 unspecified atom stereocenters. The normalized spacial score (nSPS) is 23.0. The van der Waals surface area contributed by atoms with Crippen LogP contribution in [-0.4, -0.2) is 33.7 Å². The lowest BCUT2D eigenvalue weighted by Crippen LogP contribution is -2.36. The first-order valence-corrected chi connectivity index (χ1v) is 7.50.